The van der Waals surface area contributed by atoms with Crippen molar-refractivity contribution in [3.63, 3.8) is 0 Å². The van der Waals surface area contributed by atoms with Crippen LogP contribution in [-0.2, 0) is 23.1 Å². The van der Waals surface area contributed by atoms with Gasteiger partial charge in [0, 0.05) is 11.9 Å². The SMILES string of the molecule is CNCc1ccc(S(=O)(=O)NCc2csc(C)n2)cc1. The van der Waals surface area contributed by atoms with Crippen molar-refractivity contribution in [2.24, 2.45) is 0 Å². The van der Waals surface area contributed by atoms with E-state index < -0.39 is 10.0 Å². The second-order valence-electron chi connectivity index (χ2n) is 4.36. The van der Waals surface area contributed by atoms with Gasteiger partial charge in [-0.1, -0.05) is 12.1 Å². The topological polar surface area (TPSA) is 71.1 Å². The molecule has 0 aliphatic heterocycles. The fourth-order valence-corrected chi connectivity index (χ4v) is 3.34. The van der Waals surface area contributed by atoms with Gasteiger partial charge in [0.2, 0.25) is 10.0 Å². The molecule has 0 aliphatic carbocycles. The number of thiazole rings is 1. The first kappa shape index (κ1) is 15.1. The van der Waals surface area contributed by atoms with Crippen LogP contribution in [0.2, 0.25) is 0 Å². The number of nitrogens with zero attached hydrogens (tertiary/aromatic N) is 1. The van der Waals surface area contributed by atoms with Crippen LogP contribution in [0.25, 0.3) is 0 Å². The van der Waals surface area contributed by atoms with Crippen LogP contribution in [0.5, 0.6) is 0 Å². The van der Waals surface area contributed by atoms with Gasteiger partial charge < -0.3 is 5.32 Å². The van der Waals surface area contributed by atoms with Crippen LogP contribution in [-0.4, -0.2) is 20.4 Å². The molecule has 0 aliphatic rings. The largest absolute Gasteiger partial charge is 0.316 e. The molecule has 0 radical (unpaired) electrons. The Morgan fingerprint density at radius 1 is 1.20 bits per heavy atom. The van der Waals surface area contributed by atoms with Gasteiger partial charge >= 0.3 is 0 Å². The molecule has 0 spiro atoms. The molecule has 0 bridgehead atoms. The van der Waals surface area contributed by atoms with E-state index in [1.54, 1.807) is 24.3 Å². The van der Waals surface area contributed by atoms with Gasteiger partial charge in [-0.05, 0) is 31.7 Å². The monoisotopic (exact) mass is 311 g/mol. The zero-order valence-corrected chi connectivity index (χ0v) is 13.0. The molecule has 7 heteroatoms. The first-order valence-corrected chi connectivity index (χ1v) is 8.52. The highest BCUT2D eigenvalue weighted by molar-refractivity contribution is 7.89. The van der Waals surface area contributed by atoms with Crippen LogP contribution in [0.3, 0.4) is 0 Å². The summed E-state index contributed by atoms with van der Waals surface area (Å²) in [6, 6.07) is 6.83. The molecule has 0 fully saturated rings. The van der Waals surface area contributed by atoms with Gasteiger partial charge in [-0.3, -0.25) is 0 Å². The lowest BCUT2D eigenvalue weighted by atomic mass is 10.2. The molecule has 0 atom stereocenters. The van der Waals surface area contributed by atoms with Crippen LogP contribution in [0, 0.1) is 6.92 Å². The Labute approximate surface area is 123 Å². The zero-order valence-electron chi connectivity index (χ0n) is 11.4. The van der Waals surface area contributed by atoms with Gasteiger partial charge in [0.25, 0.3) is 0 Å². The molecule has 0 saturated heterocycles. The van der Waals surface area contributed by atoms with Crippen molar-refractivity contribution in [1.82, 2.24) is 15.0 Å². The van der Waals surface area contributed by atoms with Gasteiger partial charge in [-0.2, -0.15) is 0 Å². The minimum atomic E-state index is -3.49. The van der Waals surface area contributed by atoms with Crippen LogP contribution in [0.4, 0.5) is 0 Å². The molecule has 2 N–H and O–H groups in total. The molecule has 0 unspecified atom stereocenters. The first-order chi connectivity index (χ1) is 9.51. The van der Waals surface area contributed by atoms with Crippen LogP contribution < -0.4 is 10.0 Å². The summed E-state index contributed by atoms with van der Waals surface area (Å²) in [7, 11) is -1.64. The van der Waals surface area contributed by atoms with E-state index in [0.717, 1.165) is 16.3 Å². The van der Waals surface area contributed by atoms with Gasteiger partial charge in [-0.25, -0.2) is 18.1 Å². The smallest absolute Gasteiger partial charge is 0.240 e. The van der Waals surface area contributed by atoms with Gasteiger partial charge in [0.1, 0.15) is 0 Å². The summed E-state index contributed by atoms with van der Waals surface area (Å²) in [4.78, 5) is 4.50. The molecule has 0 amide bonds. The molecule has 2 rings (SSSR count). The Morgan fingerprint density at radius 2 is 1.90 bits per heavy atom. The fourth-order valence-electron chi connectivity index (χ4n) is 1.73. The van der Waals surface area contributed by atoms with Gasteiger partial charge in [0.15, 0.2) is 0 Å². The average Bonchev–Trinajstić information content (AvgIpc) is 2.84. The number of rotatable bonds is 6. The summed E-state index contributed by atoms with van der Waals surface area (Å²) < 4.78 is 26.8. The molecule has 108 valence electrons. The third kappa shape index (κ3) is 3.86. The number of hydrogen-bond donors (Lipinski definition) is 2. The number of sulfonamides is 1. The molecule has 1 heterocycles. The van der Waals surface area contributed by atoms with Crippen molar-refractivity contribution in [3.8, 4) is 0 Å². The molecule has 2 aromatic rings. The minimum absolute atomic E-state index is 0.213. The van der Waals surface area contributed by atoms with Crippen molar-refractivity contribution >= 4 is 21.4 Å². The highest BCUT2D eigenvalue weighted by Gasteiger charge is 2.14. The quantitative estimate of drug-likeness (QED) is 0.851. The van der Waals surface area contributed by atoms with E-state index in [1.807, 2.05) is 19.4 Å². The molecule has 20 heavy (non-hydrogen) atoms. The standard InChI is InChI=1S/C13H17N3O2S2/c1-10-16-12(9-19-10)8-15-20(17,18)13-5-3-11(4-6-13)7-14-2/h3-6,9,14-15H,7-8H2,1-2H3. The maximum atomic E-state index is 12.1. The van der Waals surface area contributed by atoms with Crippen molar-refractivity contribution in [2.45, 2.75) is 24.9 Å². The van der Waals surface area contributed by atoms with E-state index in [9.17, 15) is 8.42 Å². The lowest BCUT2D eigenvalue weighted by molar-refractivity contribution is 0.580. The number of hydrogen-bond acceptors (Lipinski definition) is 5. The minimum Gasteiger partial charge on any atom is -0.316 e. The summed E-state index contributed by atoms with van der Waals surface area (Å²) in [5.74, 6) is 0. The number of aromatic nitrogens is 1. The average molecular weight is 311 g/mol. The molecular formula is C13H17N3O2S2. The highest BCUT2D eigenvalue weighted by Crippen LogP contribution is 2.12. The second-order valence-corrected chi connectivity index (χ2v) is 7.19. The van der Waals surface area contributed by atoms with Crippen molar-refractivity contribution < 1.29 is 8.42 Å². The summed E-state index contributed by atoms with van der Waals surface area (Å²) in [6.45, 7) is 2.82. The van der Waals surface area contributed by atoms with E-state index in [0.29, 0.717) is 6.54 Å². The summed E-state index contributed by atoms with van der Waals surface area (Å²) in [5.41, 5.74) is 1.78. The van der Waals surface area contributed by atoms with Crippen molar-refractivity contribution in [2.75, 3.05) is 7.05 Å². The van der Waals surface area contributed by atoms with E-state index >= 15 is 0 Å². The highest BCUT2D eigenvalue weighted by atomic mass is 32.2. The Kier molecular flexibility index (Phi) is 4.87. The van der Waals surface area contributed by atoms with Crippen LogP contribution in [0.1, 0.15) is 16.3 Å². The van der Waals surface area contributed by atoms with E-state index in [4.69, 9.17) is 0 Å². The Hall–Kier alpha value is -1.28. The Morgan fingerprint density at radius 3 is 2.45 bits per heavy atom. The molecule has 1 aromatic carbocycles. The normalized spacial score (nSPS) is 11.7. The number of benzene rings is 1. The van der Waals surface area contributed by atoms with Crippen molar-refractivity contribution in [3.05, 3.63) is 45.9 Å². The lowest BCUT2D eigenvalue weighted by Gasteiger charge is -2.06. The summed E-state index contributed by atoms with van der Waals surface area (Å²) in [5, 5.41) is 5.80. The number of aryl methyl sites for hydroxylation is 1. The molecule has 1 aromatic heterocycles. The van der Waals surface area contributed by atoms with Crippen LogP contribution in [0.15, 0.2) is 34.5 Å². The lowest BCUT2D eigenvalue weighted by Crippen LogP contribution is -2.23. The third-order valence-corrected chi connectivity index (χ3v) is 4.96. The maximum absolute atomic E-state index is 12.1. The molecular weight excluding hydrogens is 294 g/mol. The third-order valence-electron chi connectivity index (χ3n) is 2.72. The first-order valence-electron chi connectivity index (χ1n) is 6.15. The summed E-state index contributed by atoms with van der Waals surface area (Å²) >= 11 is 1.51. The fraction of sp³-hybridized carbons (Fsp3) is 0.308. The molecule has 0 saturated carbocycles. The van der Waals surface area contributed by atoms with E-state index in [2.05, 4.69) is 15.0 Å². The summed E-state index contributed by atoms with van der Waals surface area (Å²) in [6.07, 6.45) is 0. The van der Waals surface area contributed by atoms with Crippen LogP contribution >= 0.6 is 11.3 Å². The predicted octanol–water partition coefficient (Wildman–Crippen LogP) is 1.65. The molecule has 5 nitrogen and oxygen atoms in total. The second kappa shape index (κ2) is 6.45. The Bertz CT molecular complexity index is 663. The maximum Gasteiger partial charge on any atom is 0.240 e. The number of nitrogens with one attached hydrogen (secondary N) is 2. The van der Waals surface area contributed by atoms with Crippen molar-refractivity contribution in [1.29, 1.82) is 0 Å². The van der Waals surface area contributed by atoms with E-state index in [-0.39, 0.29) is 11.4 Å². The zero-order chi connectivity index (χ0) is 14.6. The van der Waals surface area contributed by atoms with Gasteiger partial charge in [0.05, 0.1) is 22.1 Å². The van der Waals surface area contributed by atoms with E-state index in [1.165, 1.54) is 11.3 Å². The predicted molar refractivity (Wildman–Crippen MR) is 80.1 cm³/mol. The Balaban J connectivity index is 2.05. The van der Waals surface area contributed by atoms with Gasteiger partial charge in [-0.15, -0.1) is 11.3 Å².